The van der Waals surface area contributed by atoms with Gasteiger partial charge in [0, 0.05) is 93.0 Å². The normalized spacial score (nSPS) is 13.4. The smallest absolute Gasteiger partial charge is 0.328 e. The summed E-state index contributed by atoms with van der Waals surface area (Å²) in [6, 6.07) is -6.26. The zero-order valence-corrected chi connectivity index (χ0v) is 67.8. The van der Waals surface area contributed by atoms with Crippen molar-refractivity contribution in [3.8, 4) is 0 Å². The van der Waals surface area contributed by atoms with E-state index in [1.54, 1.807) is 85.5 Å². The number of hydrogen-bond acceptors (Lipinski definition) is 19. The Morgan fingerprint density at radius 1 is 0.309 bits per heavy atom. The van der Waals surface area contributed by atoms with Crippen molar-refractivity contribution in [3.63, 3.8) is 0 Å². The summed E-state index contributed by atoms with van der Waals surface area (Å²) >= 11 is 0. The van der Waals surface area contributed by atoms with Gasteiger partial charge >= 0.3 is 17.9 Å². The number of amides is 6. The van der Waals surface area contributed by atoms with Crippen LogP contribution in [0.5, 0.6) is 0 Å². The molecule has 0 aliphatic carbocycles. The molecule has 6 amide bonds. The highest BCUT2D eigenvalue weighted by atomic mass is 33.1. The molecule has 0 rings (SSSR count). The number of nitrogens with one attached hydrogen (secondary N) is 3. The number of esters is 3. The van der Waals surface area contributed by atoms with Crippen LogP contribution in [0.3, 0.4) is 0 Å². The van der Waals surface area contributed by atoms with E-state index < -0.39 is 89.6 Å². The van der Waals surface area contributed by atoms with Gasteiger partial charge in [-0.25, -0.2) is 14.4 Å². The number of methoxy groups -OCH3 is 3. The van der Waals surface area contributed by atoms with Gasteiger partial charge in [-0.1, -0.05) is 262 Å². The van der Waals surface area contributed by atoms with Gasteiger partial charge in [-0.05, 0) is 57.8 Å². The third kappa shape index (κ3) is 42.5. The zero-order chi connectivity index (χ0) is 72.8. The molecule has 566 valence electrons. The first-order valence-corrected chi connectivity index (χ1v) is 44.5. The van der Waals surface area contributed by atoms with Crippen LogP contribution in [0.25, 0.3) is 0 Å². The van der Waals surface area contributed by atoms with Crippen LogP contribution in [0.2, 0.25) is 0 Å². The molecule has 0 radical (unpaired) electrons. The van der Waals surface area contributed by atoms with Gasteiger partial charge in [0.05, 0.1) is 21.3 Å². The standard InChI is InChI=1S/C72H135N7O12S6/c1-16-19-22-25-28-31-34-37-49-92-95-52-40-61(80)77(58(10)70(86)89-13)64(55(4)5)67(83)73-43-46-76(47-44-74-68(84)65(56(6)7)78(59(11)71(87)90-14)62(81)41-53-96-93-50-38-35-32-29-26-23-20-17-2)48-45-75-69(85)66(57(8)9)79(60(12)72(88)91-15)63(82)42-54-97-94-51-39-36-33-30-27-24-21-18-3/h55-60,64-66H,16-54H2,1-15H3,(H,73,83)(H,74,84)(H,75,85). The van der Waals surface area contributed by atoms with Crippen molar-refractivity contribution in [1.29, 1.82) is 0 Å². The van der Waals surface area contributed by atoms with Gasteiger partial charge in [0.1, 0.15) is 36.3 Å². The van der Waals surface area contributed by atoms with Crippen molar-refractivity contribution >= 4 is 118 Å². The van der Waals surface area contributed by atoms with Crippen molar-refractivity contribution in [2.45, 2.75) is 293 Å². The van der Waals surface area contributed by atoms with Crippen molar-refractivity contribution in [3.05, 3.63) is 0 Å². The maximum absolute atomic E-state index is 14.5. The van der Waals surface area contributed by atoms with Gasteiger partial charge in [-0.15, -0.1) is 0 Å². The first kappa shape index (κ1) is 94.3. The molecule has 0 aromatic heterocycles. The third-order valence-corrected chi connectivity index (χ3v) is 24.7. The summed E-state index contributed by atoms with van der Waals surface area (Å²) in [5.74, 6) is -1.15. The Labute approximate surface area is 612 Å². The molecule has 3 N–H and O–H groups in total. The predicted molar refractivity (Wildman–Crippen MR) is 413 cm³/mol. The van der Waals surface area contributed by atoms with Gasteiger partial charge in [0.25, 0.3) is 0 Å². The summed E-state index contributed by atoms with van der Waals surface area (Å²) in [6.45, 7) is 23.1. The van der Waals surface area contributed by atoms with E-state index in [0.29, 0.717) is 17.3 Å². The maximum Gasteiger partial charge on any atom is 0.328 e. The minimum atomic E-state index is -1.05. The van der Waals surface area contributed by atoms with Crippen LogP contribution in [0.1, 0.15) is 256 Å². The summed E-state index contributed by atoms with van der Waals surface area (Å²) < 4.78 is 15.4. The van der Waals surface area contributed by atoms with E-state index in [1.165, 1.54) is 171 Å². The summed E-state index contributed by atoms with van der Waals surface area (Å²) in [5, 5.41) is 9.08. The van der Waals surface area contributed by atoms with Crippen molar-refractivity contribution < 1.29 is 57.4 Å². The van der Waals surface area contributed by atoms with Gasteiger partial charge in [-0.2, -0.15) is 0 Å². The molecule has 0 aromatic rings. The van der Waals surface area contributed by atoms with Crippen LogP contribution in [-0.4, -0.2) is 204 Å². The van der Waals surface area contributed by atoms with E-state index in [9.17, 15) is 43.2 Å². The van der Waals surface area contributed by atoms with E-state index in [4.69, 9.17) is 14.2 Å². The Kier molecular flexibility index (Phi) is 59.1. The summed E-state index contributed by atoms with van der Waals surface area (Å²) in [4.78, 5) is 132. The molecule has 0 saturated heterocycles. The van der Waals surface area contributed by atoms with Crippen LogP contribution in [0.4, 0.5) is 0 Å². The van der Waals surface area contributed by atoms with E-state index in [2.05, 4.69) is 36.7 Å². The van der Waals surface area contributed by atoms with E-state index in [1.807, 2.05) is 46.4 Å². The number of ether oxygens (including phenoxy) is 3. The quantitative estimate of drug-likeness (QED) is 0.0222. The molecule has 6 unspecified atom stereocenters. The van der Waals surface area contributed by atoms with E-state index >= 15 is 0 Å². The van der Waals surface area contributed by atoms with Gasteiger partial charge in [-0.3, -0.25) is 33.7 Å². The highest BCUT2D eigenvalue weighted by molar-refractivity contribution is 8.77. The minimum absolute atomic E-state index is 0.0652. The summed E-state index contributed by atoms with van der Waals surface area (Å²) in [5.41, 5.74) is 0. The Bertz CT molecular complexity index is 1910. The number of unbranched alkanes of at least 4 members (excludes halogenated alkanes) is 21. The first-order chi connectivity index (χ1) is 46.5. The molecular formula is C72H135N7O12S6. The summed E-state index contributed by atoms with van der Waals surface area (Å²) in [7, 11) is 13.8. The lowest BCUT2D eigenvalue weighted by molar-refractivity contribution is -0.157. The monoisotopic (exact) mass is 1480 g/mol. The third-order valence-electron chi connectivity index (χ3n) is 17.2. The Morgan fingerprint density at radius 3 is 0.722 bits per heavy atom. The zero-order valence-electron chi connectivity index (χ0n) is 62.9. The Hall–Kier alpha value is -2.71. The van der Waals surface area contributed by atoms with Crippen molar-refractivity contribution in [2.75, 3.05) is 95.1 Å². The molecule has 97 heavy (non-hydrogen) atoms. The second-order valence-electron chi connectivity index (χ2n) is 26.4. The first-order valence-electron chi connectivity index (χ1n) is 37.0. The minimum Gasteiger partial charge on any atom is -0.467 e. The number of hydrogen-bond donors (Lipinski definition) is 3. The molecule has 0 spiro atoms. The largest absolute Gasteiger partial charge is 0.467 e. The van der Waals surface area contributed by atoms with Crippen LogP contribution in [0.15, 0.2) is 0 Å². The molecular weight excluding hydrogens is 1350 g/mol. The molecule has 0 saturated carbocycles. The van der Waals surface area contributed by atoms with Gasteiger partial charge in [0.15, 0.2) is 0 Å². The Morgan fingerprint density at radius 2 is 0.515 bits per heavy atom. The lowest BCUT2D eigenvalue weighted by Gasteiger charge is -2.37. The highest BCUT2D eigenvalue weighted by Gasteiger charge is 2.41. The molecule has 0 fully saturated rings. The predicted octanol–water partition coefficient (Wildman–Crippen LogP) is 14.6. The Balaban J connectivity index is 6.70. The number of rotatable bonds is 63. The second-order valence-corrected chi connectivity index (χ2v) is 34.5. The number of nitrogens with zero attached hydrogens (tertiary/aromatic N) is 4. The fourth-order valence-electron chi connectivity index (χ4n) is 11.6. The molecule has 0 heterocycles. The molecule has 6 atom stereocenters. The molecule has 19 nitrogen and oxygen atoms in total. The number of carbonyl (C=O) groups excluding carboxylic acids is 9. The topological polar surface area (TPSA) is 230 Å². The van der Waals surface area contributed by atoms with Gasteiger partial charge < -0.3 is 44.9 Å². The lowest BCUT2D eigenvalue weighted by Crippen LogP contribution is -2.59. The van der Waals surface area contributed by atoms with Crippen molar-refractivity contribution in [1.82, 2.24) is 35.6 Å². The molecule has 0 aliphatic heterocycles. The maximum atomic E-state index is 14.5. The molecule has 25 heteroatoms. The molecule has 0 aromatic carbocycles. The van der Waals surface area contributed by atoms with Crippen LogP contribution < -0.4 is 16.0 Å². The second kappa shape index (κ2) is 60.8. The van der Waals surface area contributed by atoms with Crippen LogP contribution >= 0.6 is 64.8 Å². The highest BCUT2D eigenvalue weighted by Crippen LogP contribution is 2.29. The molecule has 0 aliphatic rings. The average Bonchev–Trinajstić information content (AvgIpc) is 0.879. The summed E-state index contributed by atoms with van der Waals surface area (Å²) in [6.07, 6.45) is 29.9. The fourth-order valence-corrected chi connectivity index (χ4v) is 18.0. The van der Waals surface area contributed by atoms with Gasteiger partial charge in [0.2, 0.25) is 35.4 Å². The van der Waals surface area contributed by atoms with E-state index in [-0.39, 0.29) is 76.3 Å². The molecule has 0 bridgehead atoms. The average molecular weight is 1480 g/mol. The number of carbonyl (C=O) groups is 9. The fraction of sp³-hybridized carbons (Fsp3) is 0.875. The SMILES string of the molecule is CCCCCCCCCCSSCCC(=O)N(C(C)C(=O)OC)C(C(=O)NCCN(CCNC(=O)C(C(C)C)N(C(=O)CCSSCCCCCCCCCC)C(C)C(=O)OC)CCNC(=O)C(C(C)C)N(C(=O)CCSSCCCCCCCCCC)C(C)C(=O)OC)C(C)C. The van der Waals surface area contributed by atoms with Crippen molar-refractivity contribution in [2.24, 2.45) is 17.8 Å². The van der Waals surface area contributed by atoms with E-state index in [0.717, 1.165) is 36.5 Å². The van der Waals surface area contributed by atoms with Crippen LogP contribution in [-0.2, 0) is 57.4 Å². The lowest BCUT2D eigenvalue weighted by atomic mass is 9.99. The van der Waals surface area contributed by atoms with Crippen LogP contribution in [0, 0.1) is 17.8 Å².